The summed E-state index contributed by atoms with van der Waals surface area (Å²) in [5, 5.41) is 0. The van der Waals surface area contributed by atoms with Crippen LogP contribution in [0.3, 0.4) is 0 Å². The lowest BCUT2D eigenvalue weighted by atomic mass is 10.0. The number of hydrogen-bond acceptors (Lipinski definition) is 1. The predicted molar refractivity (Wildman–Crippen MR) is 53.4 cm³/mol. The molecule has 1 nitrogen and oxygen atoms in total. The van der Waals surface area contributed by atoms with Crippen molar-refractivity contribution in [3.8, 4) is 0 Å². The van der Waals surface area contributed by atoms with Gasteiger partial charge in [-0.3, -0.25) is 0 Å². The smallest absolute Gasteiger partial charge is 0.324 e. The Bertz CT molecular complexity index is 339. The van der Waals surface area contributed by atoms with Crippen molar-refractivity contribution in [2.45, 2.75) is 32.0 Å². The van der Waals surface area contributed by atoms with Crippen LogP contribution in [0.5, 0.6) is 0 Å². The van der Waals surface area contributed by atoms with Crippen LogP contribution >= 0.6 is 0 Å². The van der Waals surface area contributed by atoms with Crippen LogP contribution in [0.15, 0.2) is 18.2 Å². The molecule has 0 heterocycles. The molecule has 0 amide bonds. The molecule has 90 valence electrons. The molecule has 5 heteroatoms. The average molecular weight is 235 g/mol. The van der Waals surface area contributed by atoms with Gasteiger partial charge in [0.25, 0.3) is 0 Å². The van der Waals surface area contributed by atoms with Crippen molar-refractivity contribution < 1.29 is 17.6 Å². The van der Waals surface area contributed by atoms with Crippen LogP contribution in [0, 0.1) is 12.7 Å². The molecular weight excluding hydrogens is 222 g/mol. The van der Waals surface area contributed by atoms with Crippen LogP contribution in [-0.2, 0) is 0 Å². The summed E-state index contributed by atoms with van der Waals surface area (Å²) in [4.78, 5) is 0. The van der Waals surface area contributed by atoms with Gasteiger partial charge in [0.15, 0.2) is 0 Å². The molecule has 0 saturated heterocycles. The van der Waals surface area contributed by atoms with E-state index in [-0.39, 0.29) is 6.42 Å². The van der Waals surface area contributed by atoms with Gasteiger partial charge in [-0.25, -0.2) is 4.39 Å². The quantitative estimate of drug-likeness (QED) is 0.797. The lowest BCUT2D eigenvalue weighted by molar-refractivity contribution is -0.136. The monoisotopic (exact) mass is 235 g/mol. The number of hydrogen-bond donors (Lipinski definition) is 1. The van der Waals surface area contributed by atoms with Gasteiger partial charge in [-0.1, -0.05) is 6.07 Å². The molecule has 2 N–H and O–H groups in total. The summed E-state index contributed by atoms with van der Waals surface area (Å²) < 4.78 is 48.9. The molecule has 1 rings (SSSR count). The Morgan fingerprint density at radius 3 is 2.38 bits per heavy atom. The van der Waals surface area contributed by atoms with Gasteiger partial charge in [-0.2, -0.15) is 13.2 Å². The van der Waals surface area contributed by atoms with E-state index < -0.39 is 24.5 Å². The number of benzene rings is 1. The molecule has 0 aliphatic heterocycles. The van der Waals surface area contributed by atoms with Crippen molar-refractivity contribution >= 4 is 0 Å². The lowest BCUT2D eigenvalue weighted by Crippen LogP contribution is -2.16. The van der Waals surface area contributed by atoms with Gasteiger partial charge < -0.3 is 5.73 Å². The molecule has 16 heavy (non-hydrogen) atoms. The summed E-state index contributed by atoms with van der Waals surface area (Å²) in [6.45, 7) is 1.67. The molecule has 0 aliphatic carbocycles. The first-order valence-corrected chi connectivity index (χ1v) is 4.87. The van der Waals surface area contributed by atoms with Gasteiger partial charge in [0.2, 0.25) is 0 Å². The minimum Gasteiger partial charge on any atom is -0.324 e. The number of nitrogens with two attached hydrogens (primary N) is 1. The minimum atomic E-state index is -4.22. The van der Waals surface area contributed by atoms with Crippen molar-refractivity contribution in [2.75, 3.05) is 0 Å². The molecule has 1 aromatic rings. The molecular formula is C11H13F4N. The van der Waals surface area contributed by atoms with Gasteiger partial charge in [-0.05, 0) is 36.6 Å². The number of aryl methyl sites for hydroxylation is 1. The fraction of sp³-hybridized carbons (Fsp3) is 0.455. The predicted octanol–water partition coefficient (Wildman–Crippen LogP) is 3.48. The van der Waals surface area contributed by atoms with Crippen molar-refractivity contribution in [1.29, 1.82) is 0 Å². The highest BCUT2D eigenvalue weighted by Crippen LogP contribution is 2.26. The van der Waals surface area contributed by atoms with Gasteiger partial charge >= 0.3 is 6.18 Å². The topological polar surface area (TPSA) is 26.0 Å². The third kappa shape index (κ3) is 4.18. The SMILES string of the molecule is Cc1cc(F)cc(C(N)CCC(F)(F)F)c1. The zero-order chi connectivity index (χ0) is 12.3. The standard InChI is InChI=1S/C11H13F4N/c1-7-4-8(6-9(12)5-7)10(16)2-3-11(13,14)15/h4-6,10H,2-3,16H2,1H3. The minimum absolute atomic E-state index is 0.230. The second-order valence-corrected chi connectivity index (χ2v) is 3.82. The van der Waals surface area contributed by atoms with Crippen LogP contribution in [0.2, 0.25) is 0 Å². The normalized spacial score (nSPS) is 13.9. The highest BCUT2D eigenvalue weighted by Gasteiger charge is 2.27. The van der Waals surface area contributed by atoms with E-state index >= 15 is 0 Å². The fourth-order valence-corrected chi connectivity index (χ4v) is 1.46. The lowest BCUT2D eigenvalue weighted by Gasteiger charge is -2.14. The van der Waals surface area contributed by atoms with Crippen molar-refractivity contribution in [3.05, 3.63) is 35.1 Å². The first-order chi connectivity index (χ1) is 7.28. The van der Waals surface area contributed by atoms with Gasteiger partial charge in [0.05, 0.1) is 0 Å². The summed E-state index contributed by atoms with van der Waals surface area (Å²) >= 11 is 0. The van der Waals surface area contributed by atoms with Crippen molar-refractivity contribution in [3.63, 3.8) is 0 Å². The maximum absolute atomic E-state index is 13.0. The van der Waals surface area contributed by atoms with Crippen LogP contribution in [0.25, 0.3) is 0 Å². The highest BCUT2D eigenvalue weighted by atomic mass is 19.4. The third-order valence-corrected chi connectivity index (χ3v) is 2.23. The van der Waals surface area contributed by atoms with Crippen LogP contribution in [0.1, 0.15) is 30.0 Å². The maximum Gasteiger partial charge on any atom is 0.389 e. The molecule has 0 spiro atoms. The first kappa shape index (κ1) is 13.0. The summed E-state index contributed by atoms with van der Waals surface area (Å²) in [7, 11) is 0. The Morgan fingerprint density at radius 1 is 1.25 bits per heavy atom. The van der Waals surface area contributed by atoms with E-state index in [4.69, 9.17) is 5.73 Å². The molecule has 0 radical (unpaired) electrons. The summed E-state index contributed by atoms with van der Waals surface area (Å²) in [5.41, 5.74) is 6.63. The second-order valence-electron chi connectivity index (χ2n) is 3.82. The van der Waals surface area contributed by atoms with Gasteiger partial charge in [0, 0.05) is 12.5 Å². The zero-order valence-electron chi connectivity index (χ0n) is 8.81. The van der Waals surface area contributed by atoms with Crippen LogP contribution in [-0.4, -0.2) is 6.18 Å². The molecule has 1 unspecified atom stereocenters. The molecule has 0 fully saturated rings. The van der Waals surface area contributed by atoms with Crippen LogP contribution in [0.4, 0.5) is 17.6 Å². The second kappa shape index (κ2) is 4.82. The van der Waals surface area contributed by atoms with E-state index in [9.17, 15) is 17.6 Å². The van der Waals surface area contributed by atoms with E-state index in [0.717, 1.165) is 0 Å². The van der Waals surface area contributed by atoms with Gasteiger partial charge in [0.1, 0.15) is 5.82 Å². The Labute approximate surface area is 91.3 Å². The van der Waals surface area contributed by atoms with E-state index in [0.29, 0.717) is 11.1 Å². The number of alkyl halides is 3. The van der Waals surface area contributed by atoms with Crippen LogP contribution < -0.4 is 5.73 Å². The van der Waals surface area contributed by atoms with E-state index in [1.807, 2.05) is 0 Å². The van der Waals surface area contributed by atoms with E-state index in [1.54, 1.807) is 13.0 Å². The van der Waals surface area contributed by atoms with Crippen molar-refractivity contribution in [1.82, 2.24) is 0 Å². The summed E-state index contributed by atoms with van der Waals surface area (Å²) in [6.07, 6.45) is -5.41. The molecule has 1 atom stereocenters. The first-order valence-electron chi connectivity index (χ1n) is 4.87. The maximum atomic E-state index is 13.0. The average Bonchev–Trinajstić information content (AvgIpc) is 2.11. The Hall–Kier alpha value is -1.10. The molecule has 0 aliphatic rings. The largest absolute Gasteiger partial charge is 0.389 e. The molecule has 1 aromatic carbocycles. The number of halogens is 4. The Balaban J connectivity index is 2.69. The summed E-state index contributed by atoms with van der Waals surface area (Å²) in [6, 6.07) is 3.30. The highest BCUT2D eigenvalue weighted by molar-refractivity contribution is 5.25. The molecule has 0 bridgehead atoms. The van der Waals surface area contributed by atoms with E-state index in [2.05, 4.69) is 0 Å². The molecule has 0 saturated carbocycles. The van der Waals surface area contributed by atoms with Gasteiger partial charge in [-0.15, -0.1) is 0 Å². The Morgan fingerprint density at radius 2 is 1.88 bits per heavy atom. The summed E-state index contributed by atoms with van der Waals surface area (Å²) in [5.74, 6) is -0.475. The number of rotatable bonds is 3. The van der Waals surface area contributed by atoms with E-state index in [1.165, 1.54) is 12.1 Å². The van der Waals surface area contributed by atoms with Crippen molar-refractivity contribution in [2.24, 2.45) is 5.73 Å². The third-order valence-electron chi connectivity index (χ3n) is 2.23. The zero-order valence-corrected chi connectivity index (χ0v) is 8.81. The fourth-order valence-electron chi connectivity index (χ4n) is 1.46. The molecule has 0 aromatic heterocycles. The Kier molecular flexibility index (Phi) is 3.91.